The monoisotopic (exact) mass is 433 g/mol. The summed E-state index contributed by atoms with van der Waals surface area (Å²) >= 11 is 15.6. The van der Waals surface area contributed by atoms with E-state index in [-0.39, 0.29) is 5.91 Å². The number of hydrogen-bond donors (Lipinski definition) is 1. The minimum atomic E-state index is -0.183. The summed E-state index contributed by atoms with van der Waals surface area (Å²) in [6.45, 7) is 0. The van der Waals surface area contributed by atoms with E-state index in [9.17, 15) is 4.79 Å². The molecule has 1 aliphatic heterocycles. The van der Waals surface area contributed by atoms with Crippen LogP contribution in [0.1, 0.15) is 11.3 Å². The second-order valence-electron chi connectivity index (χ2n) is 5.49. The molecule has 0 aliphatic carbocycles. The number of pyridine rings is 1. The molecule has 3 heterocycles. The van der Waals surface area contributed by atoms with Gasteiger partial charge in [-0.2, -0.15) is 0 Å². The lowest BCUT2D eigenvalue weighted by Gasteiger charge is -2.08. The minimum absolute atomic E-state index is 0.183. The predicted octanol–water partition coefficient (Wildman–Crippen LogP) is 5.43. The van der Waals surface area contributed by atoms with E-state index in [2.05, 4.69) is 26.2 Å². The lowest BCUT2D eigenvalue weighted by atomic mass is 10.1. The summed E-state index contributed by atoms with van der Waals surface area (Å²) in [5.74, 6) is 0.376. The predicted molar refractivity (Wildman–Crippen MR) is 104 cm³/mol. The molecule has 0 saturated heterocycles. The highest BCUT2D eigenvalue weighted by Gasteiger charge is 2.25. The van der Waals surface area contributed by atoms with Gasteiger partial charge in [-0.15, -0.1) is 0 Å². The lowest BCUT2D eigenvalue weighted by molar-refractivity contribution is -0.110. The first-order valence-electron chi connectivity index (χ1n) is 7.34. The van der Waals surface area contributed by atoms with Crippen LogP contribution < -0.4 is 5.32 Å². The number of carbonyl (C=O) groups is 1. The van der Waals surface area contributed by atoms with Crippen LogP contribution in [0.15, 0.2) is 53.3 Å². The van der Waals surface area contributed by atoms with Gasteiger partial charge in [-0.05, 0) is 58.4 Å². The van der Waals surface area contributed by atoms with E-state index in [0.29, 0.717) is 21.4 Å². The molecule has 1 aliphatic rings. The molecule has 0 fully saturated rings. The fourth-order valence-electron chi connectivity index (χ4n) is 2.76. The molecule has 25 heavy (non-hydrogen) atoms. The third-order valence-corrected chi connectivity index (χ3v) is 4.69. The number of carbonyl (C=O) groups excluding carboxylic acids is 1. The summed E-state index contributed by atoms with van der Waals surface area (Å²) in [6.07, 6.45) is 5.37. The average Bonchev–Trinajstić information content (AvgIpc) is 3.12. The maximum absolute atomic E-state index is 12.3. The molecule has 0 saturated carbocycles. The molecule has 3 aromatic rings. The zero-order valence-corrected chi connectivity index (χ0v) is 15.7. The van der Waals surface area contributed by atoms with Crippen molar-refractivity contribution in [1.82, 2.24) is 9.55 Å². The fourth-order valence-corrected chi connectivity index (χ4v) is 3.60. The third-order valence-electron chi connectivity index (χ3n) is 3.82. The average molecular weight is 435 g/mol. The van der Waals surface area contributed by atoms with E-state index < -0.39 is 0 Å². The SMILES string of the molecule is O=C1Nc2ncc(Br)cc2/C1=C\c1cccn1-c1cc(Cl)cc(Cl)c1. The molecule has 0 atom stereocenters. The third kappa shape index (κ3) is 3.11. The molecule has 1 aromatic carbocycles. The Hall–Kier alpha value is -2.08. The Morgan fingerprint density at radius 2 is 1.92 bits per heavy atom. The molecule has 0 bridgehead atoms. The van der Waals surface area contributed by atoms with Crippen LogP contribution in [0, 0.1) is 0 Å². The standard InChI is InChI=1S/C18H10BrCl2N3O/c19-10-4-15-16(18(25)23-17(15)22-9-10)8-13-2-1-3-24(13)14-6-11(20)5-12(21)7-14/h1-9H,(H,22,23,25)/b16-8+. The Bertz CT molecular complexity index is 1020. The summed E-state index contributed by atoms with van der Waals surface area (Å²) in [7, 11) is 0. The van der Waals surface area contributed by atoms with Crippen LogP contribution in [0.2, 0.25) is 10.0 Å². The van der Waals surface area contributed by atoms with Gasteiger partial charge in [-0.3, -0.25) is 4.79 Å². The Morgan fingerprint density at radius 3 is 2.68 bits per heavy atom. The molecule has 1 N–H and O–H groups in total. The van der Waals surface area contributed by atoms with Gasteiger partial charge in [0.1, 0.15) is 5.82 Å². The number of nitrogens with one attached hydrogen (secondary N) is 1. The van der Waals surface area contributed by atoms with Gasteiger partial charge in [-0.1, -0.05) is 23.2 Å². The summed E-state index contributed by atoms with van der Waals surface area (Å²) in [5, 5.41) is 3.87. The number of anilines is 1. The first-order chi connectivity index (χ1) is 12.0. The van der Waals surface area contributed by atoms with E-state index in [1.54, 1.807) is 12.3 Å². The van der Waals surface area contributed by atoms with Gasteiger partial charge in [0.25, 0.3) is 5.91 Å². The molecular weight excluding hydrogens is 425 g/mol. The molecule has 7 heteroatoms. The summed E-state index contributed by atoms with van der Waals surface area (Å²) in [6, 6.07) is 11.0. The van der Waals surface area contributed by atoms with Crippen molar-refractivity contribution in [3.05, 3.63) is 74.6 Å². The number of hydrogen-bond acceptors (Lipinski definition) is 2. The quantitative estimate of drug-likeness (QED) is 0.546. The van der Waals surface area contributed by atoms with Crippen LogP contribution in [0.5, 0.6) is 0 Å². The number of nitrogens with zero attached hydrogens (tertiary/aromatic N) is 2. The molecule has 0 unspecified atom stereocenters. The topological polar surface area (TPSA) is 46.9 Å². The molecule has 124 valence electrons. The molecule has 1 amide bonds. The van der Waals surface area contributed by atoms with Crippen molar-refractivity contribution in [2.45, 2.75) is 0 Å². The van der Waals surface area contributed by atoms with Crippen LogP contribution in [0.3, 0.4) is 0 Å². The number of benzene rings is 1. The molecule has 4 rings (SSSR count). The second-order valence-corrected chi connectivity index (χ2v) is 7.28. The molecule has 0 spiro atoms. The van der Waals surface area contributed by atoms with Gasteiger partial charge in [-0.25, -0.2) is 4.98 Å². The summed E-state index contributed by atoms with van der Waals surface area (Å²) in [5.41, 5.74) is 2.96. The number of fused-ring (bicyclic) bond motifs is 1. The first kappa shape index (κ1) is 16.4. The van der Waals surface area contributed by atoms with Crippen LogP contribution in [0.4, 0.5) is 5.82 Å². The van der Waals surface area contributed by atoms with Crippen LogP contribution in [0.25, 0.3) is 17.3 Å². The van der Waals surface area contributed by atoms with Crippen molar-refractivity contribution in [3.63, 3.8) is 0 Å². The number of rotatable bonds is 2. The zero-order valence-electron chi connectivity index (χ0n) is 12.6. The largest absolute Gasteiger partial charge is 0.317 e. The van der Waals surface area contributed by atoms with Crippen molar-refractivity contribution >= 4 is 62.5 Å². The van der Waals surface area contributed by atoms with Gasteiger partial charge < -0.3 is 9.88 Å². The van der Waals surface area contributed by atoms with Crippen molar-refractivity contribution in [3.8, 4) is 5.69 Å². The maximum Gasteiger partial charge on any atom is 0.257 e. The van der Waals surface area contributed by atoms with Crippen LogP contribution in [-0.2, 0) is 4.79 Å². The number of amides is 1. The highest BCUT2D eigenvalue weighted by molar-refractivity contribution is 9.10. The Kier molecular flexibility index (Phi) is 4.15. The van der Waals surface area contributed by atoms with Gasteiger partial charge in [0, 0.05) is 43.9 Å². The van der Waals surface area contributed by atoms with Gasteiger partial charge >= 0.3 is 0 Å². The highest BCUT2D eigenvalue weighted by Crippen LogP contribution is 2.34. The molecule has 2 aromatic heterocycles. The molecular formula is C18H10BrCl2N3O. The molecule has 0 radical (unpaired) electrons. The normalized spacial score (nSPS) is 14.7. The smallest absolute Gasteiger partial charge is 0.257 e. The Labute approximate surface area is 162 Å². The fraction of sp³-hybridized carbons (Fsp3) is 0. The summed E-state index contributed by atoms with van der Waals surface area (Å²) in [4.78, 5) is 16.6. The highest BCUT2D eigenvalue weighted by atomic mass is 79.9. The van der Waals surface area contributed by atoms with Gasteiger partial charge in [0.05, 0.1) is 5.57 Å². The van der Waals surface area contributed by atoms with Gasteiger partial charge in [0.2, 0.25) is 0 Å². The Morgan fingerprint density at radius 1 is 1.16 bits per heavy atom. The van der Waals surface area contributed by atoms with Crippen molar-refractivity contribution in [1.29, 1.82) is 0 Å². The number of aromatic nitrogens is 2. The maximum atomic E-state index is 12.3. The first-order valence-corrected chi connectivity index (χ1v) is 8.89. The lowest BCUT2D eigenvalue weighted by Crippen LogP contribution is -2.04. The van der Waals surface area contributed by atoms with E-state index >= 15 is 0 Å². The zero-order chi connectivity index (χ0) is 17.6. The van der Waals surface area contributed by atoms with Crippen molar-refractivity contribution in [2.75, 3.05) is 5.32 Å². The second kappa shape index (κ2) is 6.33. The molecule has 4 nitrogen and oxygen atoms in total. The van der Waals surface area contributed by atoms with E-state index in [1.807, 2.05) is 47.2 Å². The number of halogens is 3. The van der Waals surface area contributed by atoms with Gasteiger partial charge in [0.15, 0.2) is 0 Å². The van der Waals surface area contributed by atoms with Crippen molar-refractivity contribution in [2.24, 2.45) is 0 Å². The van der Waals surface area contributed by atoms with Crippen molar-refractivity contribution < 1.29 is 4.79 Å². The van der Waals surface area contributed by atoms with E-state index in [1.165, 1.54) is 0 Å². The Balaban J connectivity index is 1.83. The van der Waals surface area contributed by atoms with E-state index in [4.69, 9.17) is 23.2 Å². The van der Waals surface area contributed by atoms with Crippen LogP contribution in [-0.4, -0.2) is 15.5 Å². The van der Waals surface area contributed by atoms with E-state index in [0.717, 1.165) is 21.4 Å². The van der Waals surface area contributed by atoms with Crippen LogP contribution >= 0.6 is 39.1 Å². The minimum Gasteiger partial charge on any atom is -0.317 e. The summed E-state index contributed by atoms with van der Waals surface area (Å²) < 4.78 is 2.73.